The van der Waals surface area contributed by atoms with Crippen LogP contribution in [0.15, 0.2) is 18.2 Å². The van der Waals surface area contributed by atoms with Crippen LogP contribution in [0.2, 0.25) is 0 Å². The Balaban J connectivity index is 0.000000980. The average Bonchev–Trinajstić information content (AvgIpc) is 2.57. The Morgan fingerprint density at radius 3 is 2.36 bits per heavy atom. The molecule has 0 spiro atoms. The van der Waals surface area contributed by atoms with Crippen LogP contribution in [0.4, 0.5) is 0 Å². The third-order valence-electron chi connectivity index (χ3n) is 2.95. The molecule has 1 N–H and O–H groups in total. The van der Waals surface area contributed by atoms with Crippen LogP contribution in [0.3, 0.4) is 0 Å². The molecule has 1 heterocycles. The summed E-state index contributed by atoms with van der Waals surface area (Å²) in [5.74, 6) is 0. The van der Waals surface area contributed by atoms with Crippen molar-refractivity contribution in [3.63, 3.8) is 0 Å². The Hall–Kier alpha value is -0.530. The molecule has 1 saturated heterocycles. The summed E-state index contributed by atoms with van der Waals surface area (Å²) < 4.78 is 0. The summed E-state index contributed by atoms with van der Waals surface area (Å²) in [5.41, 5.74) is 4.39. The fourth-order valence-corrected chi connectivity index (χ4v) is 2.31. The van der Waals surface area contributed by atoms with E-state index in [4.69, 9.17) is 0 Å². The molecule has 1 aliphatic rings. The molecule has 2 rings (SSSR count). The number of rotatable bonds is 1. The topological polar surface area (TPSA) is 12.0 Å². The van der Waals surface area contributed by atoms with Crippen LogP contribution in [0.1, 0.15) is 35.6 Å². The predicted molar refractivity (Wildman–Crippen MR) is 63.1 cm³/mol. The van der Waals surface area contributed by atoms with E-state index in [0.717, 1.165) is 0 Å². The molecule has 1 aliphatic heterocycles. The van der Waals surface area contributed by atoms with Gasteiger partial charge in [0.05, 0.1) is 0 Å². The highest BCUT2D eigenvalue weighted by atomic mass is 35.5. The molecular weight excluding hydrogens is 194 g/mol. The Kier molecular flexibility index (Phi) is 3.97. The molecule has 0 unspecified atom stereocenters. The molecule has 0 bridgehead atoms. The van der Waals surface area contributed by atoms with Gasteiger partial charge >= 0.3 is 0 Å². The van der Waals surface area contributed by atoms with Gasteiger partial charge in [-0.15, -0.1) is 12.4 Å². The van der Waals surface area contributed by atoms with Crippen LogP contribution >= 0.6 is 12.4 Å². The Morgan fingerprint density at radius 2 is 1.86 bits per heavy atom. The molecule has 0 amide bonds. The number of benzene rings is 1. The van der Waals surface area contributed by atoms with Crippen LogP contribution in [-0.4, -0.2) is 6.54 Å². The van der Waals surface area contributed by atoms with Gasteiger partial charge in [0, 0.05) is 6.04 Å². The molecule has 1 fully saturated rings. The Bertz CT molecular complexity index is 283. The molecule has 1 nitrogen and oxygen atoms in total. The molecule has 1 aromatic carbocycles. The summed E-state index contributed by atoms with van der Waals surface area (Å²) >= 11 is 0. The number of aryl methyl sites for hydroxylation is 2. The normalized spacial score (nSPS) is 20.6. The van der Waals surface area contributed by atoms with Gasteiger partial charge in [-0.25, -0.2) is 0 Å². The third-order valence-corrected chi connectivity index (χ3v) is 2.95. The first kappa shape index (κ1) is 11.5. The van der Waals surface area contributed by atoms with Crippen molar-refractivity contribution >= 4 is 12.4 Å². The van der Waals surface area contributed by atoms with Gasteiger partial charge in [-0.3, -0.25) is 0 Å². The first-order valence-electron chi connectivity index (χ1n) is 5.08. The first-order chi connectivity index (χ1) is 6.29. The van der Waals surface area contributed by atoms with Crippen LogP contribution in [0, 0.1) is 13.8 Å². The van der Waals surface area contributed by atoms with Crippen molar-refractivity contribution in [2.24, 2.45) is 0 Å². The van der Waals surface area contributed by atoms with E-state index in [1.54, 1.807) is 0 Å². The zero-order valence-corrected chi connectivity index (χ0v) is 9.66. The lowest BCUT2D eigenvalue weighted by Gasteiger charge is -2.16. The van der Waals surface area contributed by atoms with E-state index in [-0.39, 0.29) is 12.4 Å². The van der Waals surface area contributed by atoms with Crippen molar-refractivity contribution < 1.29 is 0 Å². The SMILES string of the molecule is Cc1cccc(C)c1[C@@H]1CCCN1.Cl. The first-order valence-corrected chi connectivity index (χ1v) is 5.08. The van der Waals surface area contributed by atoms with Crippen LogP contribution in [-0.2, 0) is 0 Å². The van der Waals surface area contributed by atoms with Gasteiger partial charge in [-0.2, -0.15) is 0 Å². The fraction of sp³-hybridized carbons (Fsp3) is 0.500. The highest BCUT2D eigenvalue weighted by Crippen LogP contribution is 2.28. The van der Waals surface area contributed by atoms with Crippen molar-refractivity contribution in [2.45, 2.75) is 32.7 Å². The molecule has 0 aromatic heterocycles. The second-order valence-corrected chi connectivity index (χ2v) is 3.95. The van der Waals surface area contributed by atoms with E-state index >= 15 is 0 Å². The second-order valence-electron chi connectivity index (χ2n) is 3.95. The lowest BCUT2D eigenvalue weighted by Crippen LogP contribution is -2.15. The maximum absolute atomic E-state index is 3.55. The summed E-state index contributed by atoms with van der Waals surface area (Å²) in [5, 5.41) is 3.55. The number of halogens is 1. The Morgan fingerprint density at radius 1 is 1.21 bits per heavy atom. The molecule has 14 heavy (non-hydrogen) atoms. The number of nitrogens with one attached hydrogen (secondary N) is 1. The number of hydrogen-bond acceptors (Lipinski definition) is 1. The van der Waals surface area contributed by atoms with E-state index < -0.39 is 0 Å². The minimum absolute atomic E-state index is 0. The smallest absolute Gasteiger partial charge is 0.0325 e. The van der Waals surface area contributed by atoms with E-state index in [9.17, 15) is 0 Å². The maximum Gasteiger partial charge on any atom is 0.0325 e. The monoisotopic (exact) mass is 211 g/mol. The summed E-state index contributed by atoms with van der Waals surface area (Å²) in [6.45, 7) is 5.60. The quantitative estimate of drug-likeness (QED) is 0.753. The van der Waals surface area contributed by atoms with Gasteiger partial charge in [-0.05, 0) is 49.9 Å². The summed E-state index contributed by atoms with van der Waals surface area (Å²) in [4.78, 5) is 0. The minimum Gasteiger partial charge on any atom is -0.310 e. The van der Waals surface area contributed by atoms with Gasteiger partial charge in [0.15, 0.2) is 0 Å². The largest absolute Gasteiger partial charge is 0.310 e. The van der Waals surface area contributed by atoms with E-state index in [1.807, 2.05) is 0 Å². The van der Waals surface area contributed by atoms with Gasteiger partial charge in [0.2, 0.25) is 0 Å². The zero-order chi connectivity index (χ0) is 9.26. The molecule has 0 saturated carbocycles. The highest BCUT2D eigenvalue weighted by Gasteiger charge is 2.18. The minimum atomic E-state index is 0. The summed E-state index contributed by atoms with van der Waals surface area (Å²) in [7, 11) is 0. The second kappa shape index (κ2) is 4.81. The molecule has 0 aliphatic carbocycles. The standard InChI is InChI=1S/C12H17N.ClH/c1-9-5-3-6-10(2)12(9)11-7-4-8-13-11;/h3,5-6,11,13H,4,7-8H2,1-2H3;1H/t11-;/m0./s1. The maximum atomic E-state index is 3.55. The zero-order valence-electron chi connectivity index (χ0n) is 8.84. The van der Waals surface area contributed by atoms with Crippen molar-refractivity contribution in [3.8, 4) is 0 Å². The van der Waals surface area contributed by atoms with Crippen LogP contribution < -0.4 is 5.32 Å². The van der Waals surface area contributed by atoms with E-state index in [2.05, 4.69) is 37.4 Å². The Labute approximate surface area is 92.3 Å². The van der Waals surface area contributed by atoms with E-state index in [0.29, 0.717) is 6.04 Å². The lowest BCUT2D eigenvalue weighted by atomic mass is 9.95. The van der Waals surface area contributed by atoms with Crippen LogP contribution in [0.25, 0.3) is 0 Å². The summed E-state index contributed by atoms with van der Waals surface area (Å²) in [6, 6.07) is 7.18. The van der Waals surface area contributed by atoms with Crippen molar-refractivity contribution in [2.75, 3.05) is 6.54 Å². The molecule has 2 heteroatoms. The lowest BCUT2D eigenvalue weighted by molar-refractivity contribution is 0.640. The van der Waals surface area contributed by atoms with E-state index in [1.165, 1.54) is 36.1 Å². The predicted octanol–water partition coefficient (Wildman–Crippen LogP) is 3.15. The van der Waals surface area contributed by atoms with Gasteiger partial charge < -0.3 is 5.32 Å². The summed E-state index contributed by atoms with van der Waals surface area (Å²) in [6.07, 6.45) is 2.62. The third kappa shape index (κ3) is 2.10. The fourth-order valence-electron chi connectivity index (χ4n) is 2.31. The molecule has 0 radical (unpaired) electrons. The van der Waals surface area contributed by atoms with Crippen molar-refractivity contribution in [3.05, 3.63) is 34.9 Å². The van der Waals surface area contributed by atoms with Gasteiger partial charge in [-0.1, -0.05) is 18.2 Å². The number of hydrogen-bond donors (Lipinski definition) is 1. The van der Waals surface area contributed by atoms with Gasteiger partial charge in [0.1, 0.15) is 0 Å². The highest BCUT2D eigenvalue weighted by molar-refractivity contribution is 5.85. The van der Waals surface area contributed by atoms with Crippen molar-refractivity contribution in [1.82, 2.24) is 5.32 Å². The molecule has 1 aromatic rings. The molecule has 78 valence electrons. The molecule has 1 atom stereocenters. The van der Waals surface area contributed by atoms with Crippen molar-refractivity contribution in [1.29, 1.82) is 0 Å². The van der Waals surface area contributed by atoms with Gasteiger partial charge in [0.25, 0.3) is 0 Å². The van der Waals surface area contributed by atoms with Crippen LogP contribution in [0.5, 0.6) is 0 Å². The average molecular weight is 212 g/mol. The molecular formula is C12H18ClN.